The maximum Gasteiger partial charge on any atom is 0.162 e. The summed E-state index contributed by atoms with van der Waals surface area (Å²) in [4.78, 5) is 12.8. The first kappa shape index (κ1) is 20.6. The molecule has 0 N–H and O–H groups in total. The molecule has 0 radical (unpaired) electrons. The van der Waals surface area contributed by atoms with Crippen LogP contribution in [0.4, 0.5) is 11.5 Å². The van der Waals surface area contributed by atoms with E-state index >= 15 is 0 Å². The van der Waals surface area contributed by atoms with Gasteiger partial charge in [-0.3, -0.25) is 4.90 Å². The van der Waals surface area contributed by atoms with Gasteiger partial charge in [0.2, 0.25) is 0 Å². The van der Waals surface area contributed by atoms with E-state index in [1.807, 2.05) is 18.2 Å². The molecule has 3 nitrogen and oxygen atoms in total. The predicted octanol–water partition coefficient (Wildman–Crippen LogP) is 7.84. The van der Waals surface area contributed by atoms with Crippen LogP contribution in [0.5, 0.6) is 0 Å². The Morgan fingerprint density at radius 2 is 1.26 bits per heavy atom. The maximum atomic E-state index is 5.26. The molecule has 0 amide bonds. The second-order valence-electron chi connectivity index (χ2n) is 9.41. The van der Waals surface area contributed by atoms with Crippen molar-refractivity contribution in [1.82, 2.24) is 9.97 Å². The summed E-state index contributed by atoms with van der Waals surface area (Å²) in [5, 5.41) is 0. The molecule has 0 unspecified atom stereocenters. The van der Waals surface area contributed by atoms with Gasteiger partial charge in [-0.2, -0.15) is 0 Å². The predicted molar refractivity (Wildman–Crippen MR) is 140 cm³/mol. The van der Waals surface area contributed by atoms with Gasteiger partial charge in [-0.05, 0) is 30.5 Å². The lowest BCUT2D eigenvalue weighted by Crippen LogP contribution is -2.38. The van der Waals surface area contributed by atoms with Crippen molar-refractivity contribution in [2.45, 2.75) is 32.1 Å². The minimum Gasteiger partial charge on any atom is -0.295 e. The number of anilines is 2. The summed E-state index contributed by atoms with van der Waals surface area (Å²) in [7, 11) is 0. The average Bonchev–Trinajstić information content (AvgIpc) is 2.90. The molecule has 0 saturated carbocycles. The molecule has 2 heterocycles. The van der Waals surface area contributed by atoms with Crippen molar-refractivity contribution in [2.75, 3.05) is 4.90 Å². The number of aromatic nitrogens is 2. The lowest BCUT2D eigenvalue weighted by Gasteiger charge is -2.45. The zero-order valence-electron chi connectivity index (χ0n) is 19.6. The van der Waals surface area contributed by atoms with Crippen LogP contribution in [-0.4, -0.2) is 9.97 Å². The van der Waals surface area contributed by atoms with Crippen LogP contribution < -0.4 is 4.90 Å². The van der Waals surface area contributed by atoms with Gasteiger partial charge in [-0.15, -0.1) is 0 Å². The summed E-state index contributed by atoms with van der Waals surface area (Å²) in [6, 6.07) is 31.4. The normalized spacial score (nSPS) is 16.2. The molecule has 0 bridgehead atoms. The first-order valence-electron chi connectivity index (χ1n) is 11.9. The highest BCUT2D eigenvalue weighted by Crippen LogP contribution is 2.53. The number of rotatable bonds is 3. The first-order valence-corrected chi connectivity index (χ1v) is 11.9. The van der Waals surface area contributed by atoms with E-state index in [1.165, 1.54) is 16.8 Å². The molecule has 0 spiro atoms. The smallest absolute Gasteiger partial charge is 0.162 e. The van der Waals surface area contributed by atoms with Crippen LogP contribution in [0.2, 0.25) is 0 Å². The van der Waals surface area contributed by atoms with Crippen molar-refractivity contribution in [2.24, 2.45) is 0 Å². The van der Waals surface area contributed by atoms with Gasteiger partial charge in [-0.25, -0.2) is 9.97 Å². The summed E-state index contributed by atoms with van der Waals surface area (Å²) in [5.41, 5.74) is 7.79. The molecule has 1 aliphatic heterocycles. The topological polar surface area (TPSA) is 29.0 Å². The van der Waals surface area contributed by atoms with Crippen LogP contribution in [0, 0.1) is 0 Å². The molecule has 4 aromatic rings. The third-order valence-electron chi connectivity index (χ3n) is 6.86. The highest BCUT2D eigenvalue weighted by molar-refractivity contribution is 5.85. The fraction of sp³-hybridized carbons (Fsp3) is 0.161. The van der Waals surface area contributed by atoms with Crippen molar-refractivity contribution < 1.29 is 0 Å². The standard InChI is InChI=1S/C31H27N3/c1-31(2)25-20-12-13-21-26(25)34(24-18-10-5-11-19-24)30-27(31)28(22-14-6-3-7-15-22)32-29(33-30)23-16-8-4-9-17-23/h3-11,14-21H,12-13H2,1-2H3. The lowest BCUT2D eigenvalue weighted by molar-refractivity contribution is 0.597. The Balaban J connectivity index is 1.73. The fourth-order valence-electron chi connectivity index (χ4n) is 5.24. The minimum absolute atomic E-state index is 0.229. The number of allylic oxidation sites excluding steroid dienone is 3. The number of fused-ring (bicyclic) bond motifs is 2. The second kappa shape index (κ2) is 8.11. The number of benzene rings is 3. The molecule has 2 aliphatic rings. The highest BCUT2D eigenvalue weighted by atomic mass is 15.2. The molecule has 0 fully saturated rings. The quantitative estimate of drug-likeness (QED) is 0.324. The van der Waals surface area contributed by atoms with E-state index in [-0.39, 0.29) is 5.41 Å². The van der Waals surface area contributed by atoms with Gasteiger partial charge in [0.15, 0.2) is 5.82 Å². The Bertz CT molecular complexity index is 1400. The molecule has 0 atom stereocenters. The Morgan fingerprint density at radius 3 is 1.94 bits per heavy atom. The van der Waals surface area contributed by atoms with Crippen LogP contribution in [0.25, 0.3) is 22.6 Å². The van der Waals surface area contributed by atoms with Crippen LogP contribution in [0.3, 0.4) is 0 Å². The Morgan fingerprint density at radius 1 is 0.676 bits per heavy atom. The second-order valence-corrected chi connectivity index (χ2v) is 9.41. The molecule has 1 aliphatic carbocycles. The molecule has 0 saturated heterocycles. The summed E-state index contributed by atoms with van der Waals surface area (Å²) < 4.78 is 0. The number of hydrogen-bond donors (Lipinski definition) is 0. The van der Waals surface area contributed by atoms with Crippen LogP contribution >= 0.6 is 0 Å². The summed E-state index contributed by atoms with van der Waals surface area (Å²) >= 11 is 0. The van der Waals surface area contributed by atoms with E-state index < -0.39 is 0 Å². The maximum absolute atomic E-state index is 5.26. The van der Waals surface area contributed by atoms with E-state index in [0.717, 1.165) is 47.0 Å². The Kier molecular flexibility index (Phi) is 4.91. The van der Waals surface area contributed by atoms with Crippen molar-refractivity contribution in [3.8, 4) is 22.6 Å². The van der Waals surface area contributed by atoms with Gasteiger partial charge in [0.1, 0.15) is 5.82 Å². The van der Waals surface area contributed by atoms with Gasteiger partial charge in [0.25, 0.3) is 0 Å². The van der Waals surface area contributed by atoms with Crippen LogP contribution in [0.1, 0.15) is 32.3 Å². The number of hydrogen-bond acceptors (Lipinski definition) is 3. The van der Waals surface area contributed by atoms with Gasteiger partial charge in [0, 0.05) is 33.5 Å². The number of nitrogens with zero attached hydrogens (tertiary/aromatic N) is 3. The van der Waals surface area contributed by atoms with Crippen molar-refractivity contribution in [3.63, 3.8) is 0 Å². The van der Waals surface area contributed by atoms with E-state index in [2.05, 4.69) is 104 Å². The zero-order valence-corrected chi connectivity index (χ0v) is 19.6. The third-order valence-corrected chi connectivity index (χ3v) is 6.86. The molecular formula is C31H27N3. The van der Waals surface area contributed by atoms with Gasteiger partial charge >= 0.3 is 0 Å². The Hall–Kier alpha value is -3.98. The molecule has 3 aromatic carbocycles. The summed E-state index contributed by atoms with van der Waals surface area (Å²) in [6.45, 7) is 4.63. The largest absolute Gasteiger partial charge is 0.295 e. The molecule has 3 heteroatoms. The van der Waals surface area contributed by atoms with Crippen LogP contribution in [0.15, 0.2) is 114 Å². The lowest BCUT2D eigenvalue weighted by atomic mass is 9.70. The molecule has 6 rings (SSSR count). The third kappa shape index (κ3) is 3.28. The van der Waals surface area contributed by atoms with Crippen molar-refractivity contribution >= 4 is 11.5 Å². The monoisotopic (exact) mass is 441 g/mol. The molecule has 166 valence electrons. The summed E-state index contributed by atoms with van der Waals surface area (Å²) in [5.74, 6) is 1.72. The van der Waals surface area contributed by atoms with Crippen LogP contribution in [-0.2, 0) is 5.41 Å². The zero-order chi connectivity index (χ0) is 23.1. The molecule has 1 aromatic heterocycles. The van der Waals surface area contributed by atoms with E-state index in [9.17, 15) is 0 Å². The summed E-state index contributed by atoms with van der Waals surface area (Å²) in [6.07, 6.45) is 6.88. The van der Waals surface area contributed by atoms with Crippen molar-refractivity contribution in [1.29, 1.82) is 0 Å². The highest BCUT2D eigenvalue weighted by Gasteiger charge is 2.43. The van der Waals surface area contributed by atoms with E-state index in [1.54, 1.807) is 0 Å². The first-order chi connectivity index (χ1) is 16.6. The average molecular weight is 442 g/mol. The van der Waals surface area contributed by atoms with Crippen molar-refractivity contribution in [3.05, 3.63) is 120 Å². The number of para-hydroxylation sites is 1. The molecule has 34 heavy (non-hydrogen) atoms. The fourth-order valence-corrected chi connectivity index (χ4v) is 5.24. The Labute approximate surface area is 201 Å². The molecular weight excluding hydrogens is 414 g/mol. The van der Waals surface area contributed by atoms with Gasteiger partial charge in [-0.1, -0.05) is 105 Å². The minimum atomic E-state index is -0.229. The van der Waals surface area contributed by atoms with Gasteiger partial charge < -0.3 is 0 Å². The van der Waals surface area contributed by atoms with E-state index in [4.69, 9.17) is 9.97 Å². The van der Waals surface area contributed by atoms with Gasteiger partial charge in [0.05, 0.1) is 5.69 Å². The SMILES string of the molecule is CC1(C)C2=CCCC=C2N(c2ccccc2)c2nc(-c3ccccc3)nc(-c3ccccc3)c21. The van der Waals surface area contributed by atoms with E-state index in [0.29, 0.717) is 0 Å².